The van der Waals surface area contributed by atoms with Crippen molar-refractivity contribution in [3.63, 3.8) is 0 Å². The number of hydrogen-bond acceptors (Lipinski definition) is 4. The molecule has 27 heavy (non-hydrogen) atoms. The van der Waals surface area contributed by atoms with Crippen molar-refractivity contribution < 1.29 is 9.59 Å². The number of aryl methyl sites for hydroxylation is 1. The van der Waals surface area contributed by atoms with Crippen molar-refractivity contribution in [1.82, 2.24) is 14.0 Å². The van der Waals surface area contributed by atoms with E-state index < -0.39 is 0 Å². The Morgan fingerprint density at radius 1 is 1.07 bits per heavy atom. The van der Waals surface area contributed by atoms with Gasteiger partial charge in [0.1, 0.15) is 17.0 Å². The van der Waals surface area contributed by atoms with E-state index in [-0.39, 0.29) is 17.2 Å². The maximum atomic E-state index is 12.7. The number of benzene rings is 1. The molecule has 134 valence electrons. The van der Waals surface area contributed by atoms with Gasteiger partial charge < -0.3 is 9.88 Å². The van der Waals surface area contributed by atoms with Gasteiger partial charge in [0, 0.05) is 24.5 Å². The maximum Gasteiger partial charge on any atom is 0.272 e. The molecular formula is C20H16N4O3. The van der Waals surface area contributed by atoms with Gasteiger partial charge in [0.2, 0.25) is 0 Å². The third-order valence-electron chi connectivity index (χ3n) is 4.49. The molecular weight excluding hydrogens is 344 g/mol. The van der Waals surface area contributed by atoms with Crippen LogP contribution in [0.15, 0.2) is 59.5 Å². The predicted molar refractivity (Wildman–Crippen MR) is 102 cm³/mol. The SMILES string of the molecule is CC(=O)c1ccc(NC(=O)c2cc3c(=O)n4ccccc4nc3n2C)cc1. The molecule has 0 bridgehead atoms. The first-order valence-corrected chi connectivity index (χ1v) is 8.35. The molecule has 1 N–H and O–H groups in total. The average Bonchev–Trinajstić information content (AvgIpc) is 3.00. The number of rotatable bonds is 3. The fraction of sp³-hybridized carbons (Fsp3) is 0.100. The van der Waals surface area contributed by atoms with Crippen LogP contribution < -0.4 is 10.9 Å². The van der Waals surface area contributed by atoms with Gasteiger partial charge in [-0.2, -0.15) is 0 Å². The van der Waals surface area contributed by atoms with Crippen LogP contribution in [0, 0.1) is 0 Å². The lowest BCUT2D eigenvalue weighted by atomic mass is 10.1. The van der Waals surface area contributed by atoms with E-state index in [1.165, 1.54) is 11.3 Å². The number of anilines is 1. The van der Waals surface area contributed by atoms with Gasteiger partial charge in [0.25, 0.3) is 11.5 Å². The van der Waals surface area contributed by atoms with Crippen molar-refractivity contribution in [3.05, 3.63) is 76.3 Å². The van der Waals surface area contributed by atoms with Crippen LogP contribution in [0.25, 0.3) is 16.7 Å². The number of nitrogens with zero attached hydrogens (tertiary/aromatic N) is 3. The zero-order chi connectivity index (χ0) is 19.1. The molecule has 4 aromatic rings. The summed E-state index contributed by atoms with van der Waals surface area (Å²) < 4.78 is 3.05. The molecule has 0 spiro atoms. The molecule has 0 saturated carbocycles. The van der Waals surface area contributed by atoms with E-state index in [0.717, 1.165) is 0 Å². The molecule has 4 rings (SSSR count). The number of amides is 1. The van der Waals surface area contributed by atoms with Gasteiger partial charge in [0.15, 0.2) is 5.78 Å². The van der Waals surface area contributed by atoms with Gasteiger partial charge in [0.05, 0.1) is 5.39 Å². The van der Waals surface area contributed by atoms with Gasteiger partial charge in [-0.25, -0.2) is 4.98 Å². The summed E-state index contributed by atoms with van der Waals surface area (Å²) in [6, 6.07) is 13.5. The Balaban J connectivity index is 1.74. The number of carbonyl (C=O) groups is 2. The van der Waals surface area contributed by atoms with Gasteiger partial charge >= 0.3 is 0 Å². The number of nitrogens with one attached hydrogen (secondary N) is 1. The monoisotopic (exact) mass is 360 g/mol. The fourth-order valence-corrected chi connectivity index (χ4v) is 3.02. The predicted octanol–water partition coefficient (Wildman–Crippen LogP) is 2.64. The number of carbonyl (C=O) groups excluding carboxylic acids is 2. The molecule has 1 aromatic carbocycles. The maximum absolute atomic E-state index is 12.7. The molecule has 0 saturated heterocycles. The molecule has 0 unspecified atom stereocenters. The largest absolute Gasteiger partial charge is 0.324 e. The van der Waals surface area contributed by atoms with Crippen molar-refractivity contribution in [3.8, 4) is 0 Å². The van der Waals surface area contributed by atoms with Gasteiger partial charge in [-0.1, -0.05) is 6.07 Å². The Morgan fingerprint density at radius 2 is 1.81 bits per heavy atom. The highest BCUT2D eigenvalue weighted by molar-refractivity contribution is 6.06. The third kappa shape index (κ3) is 2.79. The zero-order valence-electron chi connectivity index (χ0n) is 14.8. The molecule has 3 aromatic heterocycles. The van der Waals surface area contributed by atoms with Crippen LogP contribution in [0.2, 0.25) is 0 Å². The minimum absolute atomic E-state index is 0.0415. The topological polar surface area (TPSA) is 85.5 Å². The minimum Gasteiger partial charge on any atom is -0.324 e. The van der Waals surface area contributed by atoms with Gasteiger partial charge in [-0.05, 0) is 49.4 Å². The molecule has 3 heterocycles. The lowest BCUT2D eigenvalue weighted by molar-refractivity contribution is 0.101. The Bertz CT molecular complexity index is 1270. The molecule has 0 aliphatic heterocycles. The summed E-state index contributed by atoms with van der Waals surface area (Å²) in [4.78, 5) is 41.2. The van der Waals surface area contributed by atoms with Crippen molar-refractivity contribution in [1.29, 1.82) is 0 Å². The number of fused-ring (bicyclic) bond motifs is 2. The fourth-order valence-electron chi connectivity index (χ4n) is 3.02. The van der Waals surface area contributed by atoms with Crippen LogP contribution in [0.3, 0.4) is 0 Å². The first-order chi connectivity index (χ1) is 13.0. The van der Waals surface area contributed by atoms with Crippen LogP contribution in [0.5, 0.6) is 0 Å². The van der Waals surface area contributed by atoms with Crippen LogP contribution in [0.4, 0.5) is 5.69 Å². The molecule has 1 amide bonds. The first-order valence-electron chi connectivity index (χ1n) is 8.35. The van der Waals surface area contributed by atoms with Crippen molar-refractivity contribution in [2.24, 2.45) is 7.05 Å². The molecule has 0 radical (unpaired) electrons. The Labute approximate surface area is 153 Å². The average molecular weight is 360 g/mol. The highest BCUT2D eigenvalue weighted by Crippen LogP contribution is 2.17. The zero-order valence-corrected chi connectivity index (χ0v) is 14.8. The lowest BCUT2D eigenvalue weighted by Crippen LogP contribution is -2.16. The third-order valence-corrected chi connectivity index (χ3v) is 4.49. The summed E-state index contributed by atoms with van der Waals surface area (Å²) in [5, 5.41) is 3.15. The van der Waals surface area contributed by atoms with Crippen molar-refractivity contribution >= 4 is 34.1 Å². The molecule has 0 aliphatic rings. The summed E-state index contributed by atoms with van der Waals surface area (Å²) in [7, 11) is 1.70. The Kier molecular flexibility index (Phi) is 3.84. The molecule has 7 heteroatoms. The summed E-state index contributed by atoms with van der Waals surface area (Å²) in [5.74, 6) is -0.403. The van der Waals surface area contributed by atoms with Gasteiger partial charge in [-0.15, -0.1) is 0 Å². The smallest absolute Gasteiger partial charge is 0.272 e. The molecule has 7 nitrogen and oxygen atoms in total. The number of pyridine rings is 1. The second-order valence-corrected chi connectivity index (χ2v) is 6.26. The van der Waals surface area contributed by atoms with E-state index >= 15 is 0 Å². The second-order valence-electron chi connectivity index (χ2n) is 6.26. The number of hydrogen-bond donors (Lipinski definition) is 1. The van der Waals surface area contributed by atoms with Crippen molar-refractivity contribution in [2.75, 3.05) is 5.32 Å². The quantitative estimate of drug-likeness (QED) is 0.569. The van der Waals surface area contributed by atoms with Crippen LogP contribution in [-0.2, 0) is 7.05 Å². The number of Topliss-reactive ketones (excluding diaryl/α,β-unsaturated/α-hetero) is 1. The highest BCUT2D eigenvalue weighted by atomic mass is 16.2. The van der Waals surface area contributed by atoms with Crippen molar-refractivity contribution in [2.45, 2.75) is 6.92 Å². The van der Waals surface area contributed by atoms with E-state index in [0.29, 0.717) is 33.6 Å². The van der Waals surface area contributed by atoms with Crippen LogP contribution >= 0.6 is 0 Å². The van der Waals surface area contributed by atoms with Crippen LogP contribution in [0.1, 0.15) is 27.8 Å². The van der Waals surface area contributed by atoms with E-state index in [2.05, 4.69) is 10.3 Å². The molecule has 0 atom stereocenters. The number of aromatic nitrogens is 3. The standard InChI is InChI=1S/C20H16N4O3/c1-12(25)13-6-8-14(9-7-13)21-19(26)16-11-15-18(23(16)2)22-17-5-3-4-10-24(17)20(15)27/h3-11H,1-2H3,(H,21,26). The number of ketones is 1. The van der Waals surface area contributed by atoms with E-state index in [1.807, 2.05) is 0 Å². The summed E-state index contributed by atoms with van der Waals surface area (Å²) in [5.41, 5.74) is 2.19. The summed E-state index contributed by atoms with van der Waals surface area (Å²) in [6.07, 6.45) is 1.65. The van der Waals surface area contributed by atoms with Gasteiger partial charge in [-0.3, -0.25) is 18.8 Å². The lowest BCUT2D eigenvalue weighted by Gasteiger charge is -2.07. The minimum atomic E-state index is -0.362. The Hall–Kier alpha value is -3.74. The van der Waals surface area contributed by atoms with E-state index in [1.54, 1.807) is 66.3 Å². The first kappa shape index (κ1) is 16.7. The summed E-state index contributed by atoms with van der Waals surface area (Å²) in [6.45, 7) is 1.48. The van der Waals surface area contributed by atoms with E-state index in [4.69, 9.17) is 0 Å². The second kappa shape index (κ2) is 6.21. The summed E-state index contributed by atoms with van der Waals surface area (Å²) >= 11 is 0. The molecule has 0 aliphatic carbocycles. The Morgan fingerprint density at radius 3 is 2.52 bits per heavy atom. The molecule has 0 fully saturated rings. The van der Waals surface area contributed by atoms with E-state index in [9.17, 15) is 14.4 Å². The highest BCUT2D eigenvalue weighted by Gasteiger charge is 2.17. The normalized spacial score (nSPS) is 11.0. The van der Waals surface area contributed by atoms with Crippen LogP contribution in [-0.4, -0.2) is 25.6 Å².